The zero-order valence-corrected chi connectivity index (χ0v) is 40.6. The first-order chi connectivity index (χ1) is 34.2. The third-order valence-corrected chi connectivity index (χ3v) is 17.2. The fourth-order valence-corrected chi connectivity index (χ4v) is 14.8. The number of piperidine rings is 1. The summed E-state index contributed by atoms with van der Waals surface area (Å²) in [7, 11) is 3.42. The Morgan fingerprint density at radius 3 is 1.72 bits per heavy atom. The molecule has 4 unspecified atom stereocenters. The average Bonchev–Trinajstić information content (AvgIpc) is 3.81. The number of para-hydroxylation sites is 4. The minimum absolute atomic E-state index is 0.0217. The number of nitrogens with zero attached hydrogens (tertiary/aromatic N) is 1. The van der Waals surface area contributed by atoms with Crippen molar-refractivity contribution in [3.05, 3.63) is 119 Å². The highest BCUT2D eigenvalue weighted by Crippen LogP contribution is 2.79. The van der Waals surface area contributed by atoms with Crippen molar-refractivity contribution in [1.82, 2.24) is 4.90 Å². The molecule has 1 spiro atoms. The number of fused-ring (bicyclic) bond motifs is 2. The van der Waals surface area contributed by atoms with Gasteiger partial charge in [0.05, 0.1) is 69.4 Å². The summed E-state index contributed by atoms with van der Waals surface area (Å²) >= 11 is 0. The number of aliphatic hydroxyl groups is 1. The van der Waals surface area contributed by atoms with Crippen LogP contribution in [0.4, 0.5) is 22.7 Å². The van der Waals surface area contributed by atoms with Crippen LogP contribution in [0.1, 0.15) is 94.3 Å². The standard InChI is InChI=1S/C55H61N5O11/c1-6-60-28-53(29-70-51(65)34-17-9-13-21-41(34)58-49(63)32-15-7-11-19-39(32)56-30(2)61)24-23-45(69-5)55-37-25-36-43(68-4)27-54(67,38(48(55)60)26-44(53)55)46(37)47(36)71-52(66)35-18-10-14-22-42(35)59-50(64)33-16-8-12-20-40(33)57-31(3)62/h7-22,36-38,43-48,67H,6,23-29H2,1-5H3,(H,56,61)(H,57,62)(H,58,63)(H,59,64)/t36?,37-,38?,43+,44-,45+,46-,47+,48?,53+,54+,55?/m1/s1. The SMILES string of the molecule is CCN1C[C@]2(COC(=O)c3ccccc3NC(=O)c3ccccc3NC(C)=O)CC[C@H](OC)C34C1C(C[C@@H]32)[C@@]1(O)C[C@H](OC)C2C[C@@H]4[C@@H]1[C@H]2OC(=O)c1ccccc1NC(=O)c1ccccc1NC(C)=O. The normalized spacial score (nSPS) is 31.7. The van der Waals surface area contributed by atoms with Crippen molar-refractivity contribution in [3.63, 3.8) is 0 Å². The van der Waals surface area contributed by atoms with E-state index in [0.29, 0.717) is 50.1 Å². The molecule has 7 bridgehead atoms. The Morgan fingerprint density at radius 1 is 0.676 bits per heavy atom. The molecule has 5 saturated carbocycles. The minimum Gasteiger partial charge on any atom is -0.461 e. The molecule has 16 nitrogen and oxygen atoms in total. The second kappa shape index (κ2) is 18.6. The van der Waals surface area contributed by atoms with Crippen LogP contribution in [0, 0.1) is 40.4 Å². The summed E-state index contributed by atoms with van der Waals surface area (Å²) in [5, 5.41) is 24.7. The van der Waals surface area contributed by atoms with E-state index in [9.17, 15) is 33.9 Å². The van der Waals surface area contributed by atoms with Gasteiger partial charge in [-0.05, 0) is 92.6 Å². The largest absolute Gasteiger partial charge is 0.461 e. The second-order valence-electron chi connectivity index (χ2n) is 20.4. The number of likely N-dealkylation sites (tertiary alicyclic amines) is 1. The third-order valence-electron chi connectivity index (χ3n) is 17.2. The maximum atomic E-state index is 14.7. The number of carbonyl (C=O) groups is 6. The number of benzene rings is 4. The van der Waals surface area contributed by atoms with Gasteiger partial charge in [-0.2, -0.15) is 0 Å². The topological polar surface area (TPSA) is 211 Å². The van der Waals surface area contributed by atoms with Crippen LogP contribution in [0.3, 0.4) is 0 Å². The summed E-state index contributed by atoms with van der Waals surface area (Å²) in [5.74, 6) is -4.04. The van der Waals surface area contributed by atoms with E-state index in [1.807, 2.05) is 0 Å². The number of hydrogen-bond acceptors (Lipinski definition) is 12. The minimum atomic E-state index is -1.29. The Balaban J connectivity index is 0.944. The van der Waals surface area contributed by atoms with Crippen LogP contribution in [0.15, 0.2) is 97.1 Å². The predicted octanol–water partition coefficient (Wildman–Crippen LogP) is 7.03. The van der Waals surface area contributed by atoms with Gasteiger partial charge in [-0.15, -0.1) is 0 Å². The van der Waals surface area contributed by atoms with Crippen LogP contribution < -0.4 is 21.3 Å². The molecule has 1 heterocycles. The van der Waals surface area contributed by atoms with Gasteiger partial charge >= 0.3 is 11.9 Å². The molecule has 4 aromatic rings. The fraction of sp³-hybridized carbons (Fsp3) is 0.455. The molecule has 4 amide bonds. The number of methoxy groups -OCH3 is 2. The lowest BCUT2D eigenvalue weighted by Gasteiger charge is -2.69. The molecule has 71 heavy (non-hydrogen) atoms. The van der Waals surface area contributed by atoms with Crippen molar-refractivity contribution in [2.24, 2.45) is 40.4 Å². The highest BCUT2D eigenvalue weighted by Gasteiger charge is 2.84. The van der Waals surface area contributed by atoms with Crippen molar-refractivity contribution < 1.29 is 52.8 Å². The van der Waals surface area contributed by atoms with E-state index in [-0.39, 0.29) is 87.9 Å². The summed E-state index contributed by atoms with van der Waals surface area (Å²) in [6.07, 6.45) is 1.75. The van der Waals surface area contributed by atoms with E-state index in [1.54, 1.807) is 111 Å². The monoisotopic (exact) mass is 967 g/mol. The summed E-state index contributed by atoms with van der Waals surface area (Å²) in [5.41, 5.74) is -0.335. The first-order valence-corrected chi connectivity index (χ1v) is 24.6. The van der Waals surface area contributed by atoms with E-state index in [4.69, 9.17) is 18.9 Å². The van der Waals surface area contributed by atoms with Crippen LogP contribution in [0.25, 0.3) is 0 Å². The van der Waals surface area contributed by atoms with Gasteiger partial charge in [0.25, 0.3) is 11.8 Å². The highest BCUT2D eigenvalue weighted by molar-refractivity contribution is 6.13. The molecule has 10 rings (SSSR count). The van der Waals surface area contributed by atoms with Crippen LogP contribution in [0.5, 0.6) is 0 Å². The molecule has 12 atom stereocenters. The predicted molar refractivity (Wildman–Crippen MR) is 263 cm³/mol. The number of ether oxygens (including phenoxy) is 4. The van der Waals surface area contributed by atoms with Gasteiger partial charge in [0.15, 0.2) is 0 Å². The fourth-order valence-electron chi connectivity index (χ4n) is 14.8. The van der Waals surface area contributed by atoms with Gasteiger partial charge in [0.1, 0.15) is 6.10 Å². The first-order valence-electron chi connectivity index (χ1n) is 24.6. The Morgan fingerprint density at radius 2 is 1.20 bits per heavy atom. The zero-order valence-electron chi connectivity index (χ0n) is 40.6. The number of carbonyl (C=O) groups excluding carboxylic acids is 6. The molecule has 372 valence electrons. The maximum Gasteiger partial charge on any atom is 0.340 e. The van der Waals surface area contributed by atoms with Gasteiger partial charge in [-0.25, -0.2) is 9.59 Å². The van der Waals surface area contributed by atoms with Gasteiger partial charge in [-0.1, -0.05) is 55.5 Å². The molecule has 0 radical (unpaired) electrons. The van der Waals surface area contributed by atoms with Crippen molar-refractivity contribution in [2.75, 3.05) is 55.2 Å². The van der Waals surface area contributed by atoms with Crippen molar-refractivity contribution in [1.29, 1.82) is 0 Å². The van der Waals surface area contributed by atoms with Crippen molar-refractivity contribution in [3.8, 4) is 0 Å². The Kier molecular flexibility index (Phi) is 12.6. The van der Waals surface area contributed by atoms with Gasteiger partial charge in [-0.3, -0.25) is 24.1 Å². The lowest BCUT2D eigenvalue weighted by Crippen LogP contribution is -2.76. The number of nitrogens with one attached hydrogen (secondary N) is 4. The van der Waals surface area contributed by atoms with E-state index >= 15 is 0 Å². The first kappa shape index (κ1) is 48.2. The van der Waals surface area contributed by atoms with E-state index < -0.39 is 58.3 Å². The molecule has 1 aliphatic heterocycles. The molecular formula is C55H61N5O11. The van der Waals surface area contributed by atoms with Crippen molar-refractivity contribution in [2.45, 2.75) is 82.8 Å². The smallest absolute Gasteiger partial charge is 0.340 e. The quantitative estimate of drug-likeness (QED) is 0.0807. The summed E-state index contributed by atoms with van der Waals surface area (Å²) in [6, 6.07) is 26.6. The molecule has 1 saturated heterocycles. The van der Waals surface area contributed by atoms with Crippen LogP contribution >= 0.6 is 0 Å². The Bertz CT molecular complexity index is 2800. The highest BCUT2D eigenvalue weighted by atomic mass is 16.6. The number of amides is 4. The number of hydrogen-bond donors (Lipinski definition) is 5. The maximum absolute atomic E-state index is 14.7. The molecule has 0 aromatic heterocycles. The molecule has 5 N–H and O–H groups in total. The van der Waals surface area contributed by atoms with Crippen LogP contribution in [0.2, 0.25) is 0 Å². The van der Waals surface area contributed by atoms with Crippen molar-refractivity contribution >= 4 is 58.3 Å². The molecule has 6 aliphatic rings. The summed E-state index contributed by atoms with van der Waals surface area (Å²) < 4.78 is 25.9. The molecule has 5 aliphatic carbocycles. The van der Waals surface area contributed by atoms with Gasteiger partial charge in [0, 0.05) is 75.7 Å². The Labute approximate surface area is 412 Å². The lowest BCUT2D eigenvalue weighted by molar-refractivity contribution is -0.275. The number of anilines is 4. The number of rotatable bonds is 14. The van der Waals surface area contributed by atoms with Crippen LogP contribution in [-0.2, 0) is 28.5 Å². The van der Waals surface area contributed by atoms with E-state index in [0.717, 1.165) is 6.42 Å². The van der Waals surface area contributed by atoms with E-state index in [2.05, 4.69) is 33.1 Å². The molecule has 4 aromatic carbocycles. The molecule has 6 fully saturated rings. The van der Waals surface area contributed by atoms with E-state index in [1.165, 1.54) is 13.8 Å². The number of esters is 2. The lowest BCUT2D eigenvalue weighted by atomic mass is 9.43. The molecular weight excluding hydrogens is 907 g/mol. The summed E-state index contributed by atoms with van der Waals surface area (Å²) in [6.45, 7) is 6.31. The van der Waals surface area contributed by atoms with Gasteiger partial charge in [0.2, 0.25) is 11.8 Å². The van der Waals surface area contributed by atoms with Gasteiger partial charge < -0.3 is 45.3 Å². The molecule has 16 heteroatoms. The second-order valence-corrected chi connectivity index (χ2v) is 20.4. The third kappa shape index (κ3) is 7.81. The average molecular weight is 968 g/mol. The Hall–Kier alpha value is -6.46. The van der Waals surface area contributed by atoms with Crippen LogP contribution in [-0.4, -0.2) is 109 Å². The summed E-state index contributed by atoms with van der Waals surface area (Å²) in [4.78, 5) is 82.7. The zero-order chi connectivity index (χ0) is 50.0.